The molecule has 0 aromatic carbocycles. The monoisotopic (exact) mass is 205 g/mol. The first kappa shape index (κ1) is 10.8. The molecule has 13 heavy (non-hydrogen) atoms. The average Bonchev–Trinajstić information content (AvgIpc) is 2.83. The Morgan fingerprint density at radius 2 is 2.31 bits per heavy atom. The number of methoxy groups -OCH3 is 1. The molecule has 3 nitrogen and oxygen atoms in total. The number of carbonyl (C=O) groups excluding carboxylic acids is 1. The highest BCUT2D eigenvalue weighted by atomic mass is 35.5. The fraction of sp³-hybridized carbons (Fsp3) is 0.889. The summed E-state index contributed by atoms with van der Waals surface area (Å²) in [6.07, 6.45) is 4.26. The van der Waals surface area contributed by atoms with Crippen molar-refractivity contribution >= 4 is 18.4 Å². The van der Waals surface area contributed by atoms with Gasteiger partial charge in [0.1, 0.15) is 5.54 Å². The lowest BCUT2D eigenvalue weighted by Crippen LogP contribution is -2.52. The van der Waals surface area contributed by atoms with Crippen LogP contribution in [0.5, 0.6) is 0 Å². The number of rotatable bonds is 1. The van der Waals surface area contributed by atoms with Gasteiger partial charge in [-0.1, -0.05) is 12.8 Å². The Balaban J connectivity index is 0.000000845. The van der Waals surface area contributed by atoms with E-state index in [9.17, 15) is 4.79 Å². The van der Waals surface area contributed by atoms with Crippen molar-refractivity contribution in [3.63, 3.8) is 0 Å². The van der Waals surface area contributed by atoms with Gasteiger partial charge in [-0.2, -0.15) is 0 Å². The molecule has 2 rings (SSSR count). The molecule has 4 heteroatoms. The van der Waals surface area contributed by atoms with E-state index in [0.717, 1.165) is 19.3 Å². The Hall–Kier alpha value is -0.280. The Kier molecular flexibility index (Phi) is 2.88. The molecule has 0 heterocycles. The van der Waals surface area contributed by atoms with Gasteiger partial charge in [-0.15, -0.1) is 12.4 Å². The summed E-state index contributed by atoms with van der Waals surface area (Å²) in [6, 6.07) is 0. The van der Waals surface area contributed by atoms with Crippen molar-refractivity contribution in [3.8, 4) is 0 Å². The molecule has 0 radical (unpaired) electrons. The largest absolute Gasteiger partial charge is 0.468 e. The first-order chi connectivity index (χ1) is 5.68. The molecule has 2 fully saturated rings. The zero-order valence-corrected chi connectivity index (χ0v) is 8.60. The number of hydrogen-bond donors (Lipinski definition) is 1. The van der Waals surface area contributed by atoms with Gasteiger partial charge in [0, 0.05) is 0 Å². The van der Waals surface area contributed by atoms with Crippen LogP contribution in [0.3, 0.4) is 0 Å². The second kappa shape index (κ2) is 3.46. The molecule has 0 aromatic heterocycles. The van der Waals surface area contributed by atoms with Crippen LogP contribution in [0.4, 0.5) is 0 Å². The van der Waals surface area contributed by atoms with Gasteiger partial charge in [0.05, 0.1) is 7.11 Å². The topological polar surface area (TPSA) is 52.3 Å². The summed E-state index contributed by atoms with van der Waals surface area (Å²) < 4.78 is 4.73. The van der Waals surface area contributed by atoms with Gasteiger partial charge in [-0.25, -0.2) is 0 Å². The third-order valence-electron chi connectivity index (χ3n) is 3.32. The van der Waals surface area contributed by atoms with Crippen molar-refractivity contribution < 1.29 is 9.53 Å². The Bertz CT molecular complexity index is 222. The molecule has 0 saturated heterocycles. The van der Waals surface area contributed by atoms with Gasteiger partial charge >= 0.3 is 5.97 Å². The van der Waals surface area contributed by atoms with Crippen molar-refractivity contribution in [2.75, 3.05) is 7.11 Å². The average molecular weight is 206 g/mol. The summed E-state index contributed by atoms with van der Waals surface area (Å²) in [5.74, 6) is 0.913. The summed E-state index contributed by atoms with van der Waals surface area (Å²) >= 11 is 0. The van der Waals surface area contributed by atoms with Crippen LogP contribution >= 0.6 is 12.4 Å². The highest BCUT2D eigenvalue weighted by molar-refractivity contribution is 5.85. The van der Waals surface area contributed by atoms with Crippen LogP contribution in [-0.2, 0) is 9.53 Å². The van der Waals surface area contributed by atoms with Gasteiger partial charge in [0.2, 0.25) is 0 Å². The van der Waals surface area contributed by atoms with Gasteiger partial charge in [0.15, 0.2) is 0 Å². The molecule has 3 unspecified atom stereocenters. The lowest BCUT2D eigenvalue weighted by molar-refractivity contribution is -0.149. The maximum Gasteiger partial charge on any atom is 0.326 e. The normalized spacial score (nSPS) is 41.4. The fourth-order valence-electron chi connectivity index (χ4n) is 2.48. The van der Waals surface area contributed by atoms with E-state index in [4.69, 9.17) is 10.5 Å². The minimum absolute atomic E-state index is 0. The van der Waals surface area contributed by atoms with Gasteiger partial charge < -0.3 is 10.5 Å². The smallest absolute Gasteiger partial charge is 0.326 e. The lowest BCUT2D eigenvalue weighted by atomic mass is 9.82. The highest BCUT2D eigenvalue weighted by Crippen LogP contribution is 2.54. The quantitative estimate of drug-likeness (QED) is 0.653. The molecule has 2 N–H and O–H groups in total. The van der Waals surface area contributed by atoms with E-state index in [0.29, 0.717) is 11.8 Å². The van der Waals surface area contributed by atoms with Crippen LogP contribution < -0.4 is 5.73 Å². The zero-order valence-electron chi connectivity index (χ0n) is 7.79. The molecule has 0 aliphatic heterocycles. The third-order valence-corrected chi connectivity index (χ3v) is 3.32. The van der Waals surface area contributed by atoms with Crippen LogP contribution in [-0.4, -0.2) is 18.6 Å². The van der Waals surface area contributed by atoms with Gasteiger partial charge in [0.25, 0.3) is 0 Å². The maximum atomic E-state index is 11.4. The number of carbonyl (C=O) groups is 1. The number of ether oxygens (including phenoxy) is 1. The molecular weight excluding hydrogens is 190 g/mol. The summed E-state index contributed by atoms with van der Waals surface area (Å²) in [4.78, 5) is 11.4. The number of fused-ring (bicyclic) bond motifs is 1. The van der Waals surface area contributed by atoms with E-state index in [1.54, 1.807) is 0 Å². The third kappa shape index (κ3) is 1.55. The summed E-state index contributed by atoms with van der Waals surface area (Å²) in [7, 11) is 1.42. The molecule has 0 spiro atoms. The number of hydrogen-bond acceptors (Lipinski definition) is 3. The minimum Gasteiger partial charge on any atom is -0.468 e. The fourth-order valence-corrected chi connectivity index (χ4v) is 2.48. The number of nitrogens with two attached hydrogens (primary N) is 1. The van der Waals surface area contributed by atoms with Crippen LogP contribution in [0.15, 0.2) is 0 Å². The molecule has 2 aliphatic rings. The van der Waals surface area contributed by atoms with E-state index < -0.39 is 5.54 Å². The molecule has 0 aromatic rings. The van der Waals surface area contributed by atoms with Crippen LogP contribution in [0, 0.1) is 11.8 Å². The molecule has 2 aliphatic carbocycles. The molecule has 76 valence electrons. The highest BCUT2D eigenvalue weighted by Gasteiger charge is 2.57. The summed E-state index contributed by atoms with van der Waals surface area (Å²) in [5, 5.41) is 0. The van der Waals surface area contributed by atoms with E-state index >= 15 is 0 Å². The van der Waals surface area contributed by atoms with E-state index in [-0.39, 0.29) is 18.4 Å². The first-order valence-corrected chi connectivity index (χ1v) is 4.56. The molecule has 0 amide bonds. The van der Waals surface area contributed by atoms with Crippen molar-refractivity contribution in [1.29, 1.82) is 0 Å². The Labute approximate surface area is 84.4 Å². The van der Waals surface area contributed by atoms with Crippen molar-refractivity contribution in [3.05, 3.63) is 0 Å². The predicted octanol–water partition coefficient (Wildman–Crippen LogP) is 1.10. The SMILES string of the molecule is COC(=O)C1(N)CCCC2CC21.Cl. The zero-order chi connectivity index (χ0) is 8.77. The Morgan fingerprint density at radius 3 is 2.92 bits per heavy atom. The minimum atomic E-state index is -0.641. The predicted molar refractivity (Wildman–Crippen MR) is 51.6 cm³/mol. The van der Waals surface area contributed by atoms with Gasteiger partial charge in [-0.05, 0) is 24.7 Å². The van der Waals surface area contributed by atoms with Crippen molar-refractivity contribution in [1.82, 2.24) is 0 Å². The first-order valence-electron chi connectivity index (χ1n) is 4.56. The number of esters is 1. The second-order valence-electron chi connectivity index (χ2n) is 4.03. The standard InChI is InChI=1S/C9H15NO2.ClH/c1-12-8(11)9(10)4-2-3-6-5-7(6)9;/h6-7H,2-5,10H2,1H3;1H. The summed E-state index contributed by atoms with van der Waals surface area (Å²) in [6.45, 7) is 0. The van der Waals surface area contributed by atoms with Crippen LogP contribution in [0.25, 0.3) is 0 Å². The summed E-state index contributed by atoms with van der Waals surface area (Å²) in [5.41, 5.74) is 5.38. The molecular formula is C9H16ClNO2. The van der Waals surface area contributed by atoms with E-state index in [1.807, 2.05) is 0 Å². The molecule has 3 atom stereocenters. The molecule has 2 saturated carbocycles. The Morgan fingerprint density at radius 1 is 1.62 bits per heavy atom. The van der Waals surface area contributed by atoms with Crippen LogP contribution in [0.2, 0.25) is 0 Å². The van der Waals surface area contributed by atoms with E-state index in [1.165, 1.54) is 13.5 Å². The maximum absolute atomic E-state index is 11.4. The number of halogens is 1. The second-order valence-corrected chi connectivity index (χ2v) is 4.03. The van der Waals surface area contributed by atoms with Crippen molar-refractivity contribution in [2.45, 2.75) is 31.2 Å². The lowest BCUT2D eigenvalue weighted by Gasteiger charge is -2.30. The van der Waals surface area contributed by atoms with Gasteiger partial charge in [-0.3, -0.25) is 4.79 Å². The van der Waals surface area contributed by atoms with E-state index in [2.05, 4.69) is 0 Å². The molecule has 0 bridgehead atoms. The van der Waals surface area contributed by atoms with Crippen molar-refractivity contribution in [2.24, 2.45) is 17.6 Å². The van der Waals surface area contributed by atoms with Crippen LogP contribution in [0.1, 0.15) is 25.7 Å².